The minimum absolute atomic E-state index is 0.455. The minimum atomic E-state index is -1.26. The molecule has 7 nitrogen and oxygen atoms in total. The van der Waals surface area contributed by atoms with E-state index in [1.807, 2.05) is 12.1 Å². The fraction of sp³-hybridized carbons (Fsp3) is 0.429. The average molecular weight is 388 g/mol. The Morgan fingerprint density at radius 3 is 2.25 bits per heavy atom. The molecule has 28 heavy (non-hydrogen) atoms. The van der Waals surface area contributed by atoms with Gasteiger partial charge in [-0.3, -0.25) is 4.90 Å². The second kappa shape index (κ2) is 9.94. The van der Waals surface area contributed by atoms with Gasteiger partial charge in [0.2, 0.25) is 0 Å². The number of nitrogens with one attached hydrogen (secondary N) is 1. The van der Waals surface area contributed by atoms with Crippen LogP contribution < -0.4 is 0 Å². The monoisotopic (exact) mass is 388 g/mol. The number of aliphatic carboxylic acids is 2. The molecular formula is C21H28N2O5. The Morgan fingerprint density at radius 1 is 1.11 bits per heavy atom. The smallest absolute Gasteiger partial charge is 0.328 e. The average Bonchev–Trinajstić information content (AvgIpc) is 3.07. The minimum Gasteiger partial charge on any atom is -0.508 e. The number of aromatic hydroxyl groups is 1. The van der Waals surface area contributed by atoms with E-state index in [-0.39, 0.29) is 0 Å². The van der Waals surface area contributed by atoms with Crippen molar-refractivity contribution < 1.29 is 24.9 Å². The highest BCUT2D eigenvalue weighted by atomic mass is 16.4. The number of aromatic amines is 1. The lowest BCUT2D eigenvalue weighted by atomic mass is 9.87. The molecule has 2 aromatic rings. The van der Waals surface area contributed by atoms with Gasteiger partial charge in [-0.2, -0.15) is 0 Å². The van der Waals surface area contributed by atoms with Crippen LogP contribution in [0.3, 0.4) is 0 Å². The number of H-pyrrole nitrogens is 1. The molecule has 1 aromatic carbocycles. The third-order valence-electron chi connectivity index (χ3n) is 4.81. The van der Waals surface area contributed by atoms with Crippen LogP contribution in [-0.2, 0) is 22.4 Å². The van der Waals surface area contributed by atoms with Crippen LogP contribution in [0, 0.1) is 0 Å². The highest BCUT2D eigenvalue weighted by molar-refractivity contribution is 5.90. The van der Waals surface area contributed by atoms with Crippen LogP contribution in [0.15, 0.2) is 30.5 Å². The van der Waals surface area contributed by atoms with Crippen molar-refractivity contribution in [3.8, 4) is 5.75 Å². The highest BCUT2D eigenvalue weighted by Crippen LogP contribution is 2.36. The van der Waals surface area contributed by atoms with Crippen molar-refractivity contribution >= 4 is 22.8 Å². The van der Waals surface area contributed by atoms with Crippen molar-refractivity contribution in [3.63, 3.8) is 0 Å². The molecule has 0 spiro atoms. The molecule has 1 unspecified atom stereocenters. The van der Waals surface area contributed by atoms with Gasteiger partial charge in [-0.25, -0.2) is 9.59 Å². The predicted octanol–water partition coefficient (Wildman–Crippen LogP) is 3.17. The molecule has 1 heterocycles. The van der Waals surface area contributed by atoms with Crippen LogP contribution in [0.4, 0.5) is 0 Å². The lowest BCUT2D eigenvalue weighted by Gasteiger charge is -2.34. The number of carboxylic acids is 2. The van der Waals surface area contributed by atoms with Gasteiger partial charge in [0.05, 0.1) is 0 Å². The van der Waals surface area contributed by atoms with Crippen LogP contribution in [0.1, 0.15) is 37.8 Å². The summed E-state index contributed by atoms with van der Waals surface area (Å²) in [6, 6.07) is 4.33. The summed E-state index contributed by atoms with van der Waals surface area (Å²) in [5, 5.41) is 27.1. The summed E-state index contributed by atoms with van der Waals surface area (Å²) in [5.41, 5.74) is 3.65. The summed E-state index contributed by atoms with van der Waals surface area (Å²) in [6.45, 7) is 6.78. The van der Waals surface area contributed by atoms with Gasteiger partial charge in [0.1, 0.15) is 5.75 Å². The van der Waals surface area contributed by atoms with Crippen LogP contribution in [0.25, 0.3) is 10.9 Å². The molecular weight excluding hydrogens is 360 g/mol. The number of aromatic nitrogens is 1. The van der Waals surface area contributed by atoms with E-state index in [0.29, 0.717) is 23.9 Å². The number of phenols is 1. The molecule has 0 fully saturated rings. The van der Waals surface area contributed by atoms with Gasteiger partial charge in [-0.05, 0) is 56.5 Å². The number of rotatable bonds is 7. The highest BCUT2D eigenvalue weighted by Gasteiger charge is 2.27. The van der Waals surface area contributed by atoms with Gasteiger partial charge >= 0.3 is 11.9 Å². The van der Waals surface area contributed by atoms with Crippen LogP contribution in [0.2, 0.25) is 0 Å². The number of benzene rings is 1. The van der Waals surface area contributed by atoms with E-state index >= 15 is 0 Å². The summed E-state index contributed by atoms with van der Waals surface area (Å²) < 4.78 is 0. The van der Waals surface area contributed by atoms with Gasteiger partial charge < -0.3 is 20.3 Å². The Balaban J connectivity index is 0.000000300. The summed E-state index contributed by atoms with van der Waals surface area (Å²) in [6.07, 6.45) is 7.67. The summed E-state index contributed by atoms with van der Waals surface area (Å²) in [7, 11) is 0. The van der Waals surface area contributed by atoms with Crippen molar-refractivity contribution in [1.29, 1.82) is 0 Å². The van der Waals surface area contributed by atoms with E-state index in [9.17, 15) is 14.7 Å². The molecule has 1 aliphatic rings. The van der Waals surface area contributed by atoms with Gasteiger partial charge in [0.15, 0.2) is 0 Å². The molecule has 0 saturated carbocycles. The van der Waals surface area contributed by atoms with E-state index < -0.39 is 11.9 Å². The first-order valence-corrected chi connectivity index (χ1v) is 9.56. The number of hydrogen-bond donors (Lipinski definition) is 4. The molecule has 1 aromatic heterocycles. The molecule has 4 N–H and O–H groups in total. The van der Waals surface area contributed by atoms with E-state index in [1.54, 1.807) is 0 Å². The maximum atomic E-state index is 10.2. The Hall–Kier alpha value is -2.80. The zero-order valence-electron chi connectivity index (χ0n) is 16.3. The zero-order chi connectivity index (χ0) is 20.7. The number of carboxylic acid groups (broad SMARTS) is 2. The van der Waals surface area contributed by atoms with Crippen LogP contribution >= 0.6 is 0 Å². The molecule has 3 rings (SSSR count). The van der Waals surface area contributed by atoms with Crippen LogP contribution in [-0.4, -0.2) is 56.3 Å². The topological polar surface area (TPSA) is 114 Å². The second-order valence-electron chi connectivity index (χ2n) is 6.91. The molecule has 7 heteroatoms. The molecule has 0 saturated heterocycles. The molecule has 0 bridgehead atoms. The summed E-state index contributed by atoms with van der Waals surface area (Å²) in [4.78, 5) is 25.0. The Bertz CT molecular complexity index is 834. The molecule has 152 valence electrons. The Kier molecular flexibility index (Phi) is 7.63. The molecule has 0 amide bonds. The lowest BCUT2D eigenvalue weighted by Crippen LogP contribution is -2.40. The van der Waals surface area contributed by atoms with Gasteiger partial charge in [-0.1, -0.05) is 13.8 Å². The first-order valence-electron chi connectivity index (χ1n) is 9.56. The first-order chi connectivity index (χ1) is 13.4. The quantitative estimate of drug-likeness (QED) is 0.542. The van der Waals surface area contributed by atoms with E-state index in [4.69, 9.17) is 10.2 Å². The van der Waals surface area contributed by atoms with E-state index in [1.165, 1.54) is 23.8 Å². The standard InChI is InChI=1S/C17H24N2O.C4H4O4/c1-3-7-19(8-4-2)13-9-12-11-18-15-5-6-16(20)14(10-13)17(12)15;5-3(6)1-2-4(7)8/h5-6,11,13,18,20H,3-4,7-10H2,1-2H3;1-2H,(H,5,6)(H,7,8)/b;2-1+. The molecule has 1 atom stereocenters. The first kappa shape index (κ1) is 21.5. The number of phenolic OH excluding ortho intramolecular Hbond substituents is 1. The second-order valence-corrected chi connectivity index (χ2v) is 6.91. The van der Waals surface area contributed by atoms with Gasteiger partial charge in [0, 0.05) is 40.9 Å². The fourth-order valence-electron chi connectivity index (χ4n) is 3.74. The van der Waals surface area contributed by atoms with E-state index in [2.05, 4.69) is 29.9 Å². The fourth-order valence-corrected chi connectivity index (χ4v) is 3.74. The summed E-state index contributed by atoms with van der Waals surface area (Å²) in [5.74, 6) is -2.06. The third-order valence-corrected chi connectivity index (χ3v) is 4.81. The normalized spacial score (nSPS) is 15.6. The molecule has 0 radical (unpaired) electrons. The van der Waals surface area contributed by atoms with Crippen molar-refractivity contribution in [2.24, 2.45) is 0 Å². The molecule has 0 aliphatic heterocycles. The maximum Gasteiger partial charge on any atom is 0.328 e. The maximum absolute atomic E-state index is 10.2. The van der Waals surface area contributed by atoms with Crippen molar-refractivity contribution in [1.82, 2.24) is 9.88 Å². The van der Waals surface area contributed by atoms with Crippen molar-refractivity contribution in [2.45, 2.75) is 45.6 Å². The largest absolute Gasteiger partial charge is 0.508 e. The third kappa shape index (κ3) is 5.36. The van der Waals surface area contributed by atoms with Crippen molar-refractivity contribution in [2.75, 3.05) is 13.1 Å². The summed E-state index contributed by atoms with van der Waals surface area (Å²) >= 11 is 0. The number of hydrogen-bond acceptors (Lipinski definition) is 4. The van der Waals surface area contributed by atoms with Gasteiger partial charge in [0.25, 0.3) is 0 Å². The Morgan fingerprint density at radius 2 is 1.71 bits per heavy atom. The van der Waals surface area contributed by atoms with Crippen molar-refractivity contribution in [3.05, 3.63) is 41.6 Å². The Labute approximate surface area is 164 Å². The zero-order valence-corrected chi connectivity index (χ0v) is 16.3. The number of carbonyl (C=O) groups is 2. The number of nitrogens with zero attached hydrogens (tertiary/aromatic N) is 1. The van der Waals surface area contributed by atoms with Gasteiger partial charge in [-0.15, -0.1) is 0 Å². The van der Waals surface area contributed by atoms with Crippen LogP contribution in [0.5, 0.6) is 5.75 Å². The van der Waals surface area contributed by atoms with E-state index in [0.717, 1.165) is 37.0 Å². The predicted molar refractivity (Wildman–Crippen MR) is 108 cm³/mol. The lowest BCUT2D eigenvalue weighted by molar-refractivity contribution is -0.134. The SMILES string of the molecule is CCCN(CCC)C1Cc2c[nH]c3ccc(O)c(c23)C1.O=C(O)/C=C/C(=O)O. The molecule has 1 aliphatic carbocycles.